The minimum Gasteiger partial charge on any atom is -0.322 e. The van der Waals surface area contributed by atoms with Crippen LogP contribution in [0, 0.1) is 17.1 Å². The molecule has 0 saturated carbocycles. The molecule has 3 rings (SSSR count). The van der Waals surface area contributed by atoms with Crippen molar-refractivity contribution in [2.45, 2.75) is 11.3 Å². The number of nitrogens with zero attached hydrogens (tertiary/aromatic N) is 2. The first-order chi connectivity index (χ1) is 15.8. The highest BCUT2D eigenvalue weighted by Crippen LogP contribution is 2.30. The largest absolute Gasteiger partial charge is 0.322 e. The number of nitriles is 1. The van der Waals surface area contributed by atoms with Gasteiger partial charge in [-0.15, -0.1) is 6.58 Å². The van der Waals surface area contributed by atoms with Crippen LogP contribution in [0.3, 0.4) is 0 Å². The molecule has 0 aliphatic carbocycles. The molecule has 0 bridgehead atoms. The summed E-state index contributed by atoms with van der Waals surface area (Å²) in [4.78, 5) is 12.5. The van der Waals surface area contributed by atoms with Gasteiger partial charge in [-0.1, -0.05) is 29.8 Å². The predicted octanol–water partition coefficient (Wildman–Crippen LogP) is 5.18. The second-order valence-corrected chi connectivity index (χ2v) is 9.17. The SMILES string of the molecule is C=CCN(c1ccc(F)cc1)S(=O)(=O)c1cc(C(=O)Nc2ccc(CC#N)cc2)ccc1Cl. The molecule has 1 N–H and O–H groups in total. The molecule has 0 aromatic heterocycles. The van der Waals surface area contributed by atoms with Crippen molar-refractivity contribution in [1.29, 1.82) is 5.26 Å². The lowest BCUT2D eigenvalue weighted by Crippen LogP contribution is -2.31. The number of anilines is 2. The molecular formula is C24H19ClFN3O3S. The fourth-order valence-corrected chi connectivity index (χ4v) is 4.97. The van der Waals surface area contributed by atoms with Crippen molar-refractivity contribution in [2.75, 3.05) is 16.2 Å². The number of hydrogen-bond donors (Lipinski definition) is 1. The Morgan fingerprint density at radius 2 is 1.79 bits per heavy atom. The number of hydrogen-bond acceptors (Lipinski definition) is 4. The maximum absolute atomic E-state index is 13.4. The lowest BCUT2D eigenvalue weighted by molar-refractivity contribution is 0.102. The summed E-state index contributed by atoms with van der Waals surface area (Å²) in [5, 5.41) is 11.4. The predicted molar refractivity (Wildman–Crippen MR) is 126 cm³/mol. The van der Waals surface area contributed by atoms with Crippen molar-refractivity contribution in [3.63, 3.8) is 0 Å². The summed E-state index contributed by atoms with van der Waals surface area (Å²) in [6, 6.07) is 17.7. The zero-order valence-corrected chi connectivity index (χ0v) is 18.9. The van der Waals surface area contributed by atoms with Gasteiger partial charge in [0.2, 0.25) is 0 Å². The van der Waals surface area contributed by atoms with Crippen LogP contribution in [0.15, 0.2) is 84.3 Å². The third-order valence-corrected chi connectivity index (χ3v) is 6.94. The van der Waals surface area contributed by atoms with Crippen molar-refractivity contribution < 1.29 is 17.6 Å². The van der Waals surface area contributed by atoms with E-state index in [2.05, 4.69) is 11.9 Å². The summed E-state index contributed by atoms with van der Waals surface area (Å²) in [6.45, 7) is 3.50. The zero-order valence-electron chi connectivity index (χ0n) is 17.3. The molecule has 0 saturated heterocycles. The van der Waals surface area contributed by atoms with E-state index in [9.17, 15) is 17.6 Å². The number of amides is 1. The van der Waals surface area contributed by atoms with Crippen LogP contribution in [-0.4, -0.2) is 20.9 Å². The Balaban J connectivity index is 1.93. The van der Waals surface area contributed by atoms with Gasteiger partial charge < -0.3 is 5.32 Å². The first kappa shape index (κ1) is 24.0. The van der Waals surface area contributed by atoms with E-state index in [1.165, 1.54) is 36.4 Å². The van der Waals surface area contributed by atoms with Gasteiger partial charge in [-0.25, -0.2) is 12.8 Å². The molecule has 0 aliphatic heterocycles. The highest BCUT2D eigenvalue weighted by atomic mass is 35.5. The van der Waals surface area contributed by atoms with Gasteiger partial charge in [-0.2, -0.15) is 5.26 Å². The van der Waals surface area contributed by atoms with Gasteiger partial charge in [-0.05, 0) is 60.2 Å². The van der Waals surface area contributed by atoms with Crippen LogP contribution in [0.5, 0.6) is 0 Å². The van der Waals surface area contributed by atoms with E-state index in [-0.39, 0.29) is 34.1 Å². The van der Waals surface area contributed by atoms with Crippen molar-refractivity contribution in [2.24, 2.45) is 0 Å². The summed E-state index contributed by atoms with van der Waals surface area (Å²) in [5.41, 5.74) is 1.59. The summed E-state index contributed by atoms with van der Waals surface area (Å²) in [7, 11) is -4.20. The van der Waals surface area contributed by atoms with Gasteiger partial charge in [0.05, 0.1) is 29.7 Å². The standard InChI is InChI=1S/C24H19ClFN3O3S/c1-2-15-29(21-10-6-19(26)7-11-21)33(31,32)23-16-18(5-12-22(23)25)24(30)28-20-8-3-17(4-9-20)13-14-27/h2-12,16H,1,13,15H2,(H,28,30). The Morgan fingerprint density at radius 3 is 2.39 bits per heavy atom. The van der Waals surface area contributed by atoms with Crippen molar-refractivity contribution in [3.05, 3.63) is 101 Å². The maximum atomic E-state index is 13.4. The second kappa shape index (κ2) is 10.3. The van der Waals surface area contributed by atoms with E-state index in [0.717, 1.165) is 22.0 Å². The maximum Gasteiger partial charge on any atom is 0.266 e. The number of benzene rings is 3. The van der Waals surface area contributed by atoms with E-state index in [0.29, 0.717) is 5.69 Å². The first-order valence-electron chi connectivity index (χ1n) is 9.72. The minimum atomic E-state index is -4.20. The van der Waals surface area contributed by atoms with Crippen LogP contribution in [0.2, 0.25) is 5.02 Å². The Bertz CT molecular complexity index is 1320. The second-order valence-electron chi connectivity index (χ2n) is 6.93. The third kappa shape index (κ3) is 5.58. The van der Waals surface area contributed by atoms with E-state index in [1.54, 1.807) is 24.3 Å². The van der Waals surface area contributed by atoms with E-state index >= 15 is 0 Å². The Kier molecular flexibility index (Phi) is 7.48. The molecule has 6 nitrogen and oxygen atoms in total. The summed E-state index contributed by atoms with van der Waals surface area (Å²) >= 11 is 6.20. The van der Waals surface area contributed by atoms with Crippen LogP contribution < -0.4 is 9.62 Å². The van der Waals surface area contributed by atoms with Gasteiger partial charge in [0.1, 0.15) is 10.7 Å². The fraction of sp³-hybridized carbons (Fsp3) is 0.0833. The molecule has 3 aromatic carbocycles. The van der Waals surface area contributed by atoms with Crippen LogP contribution in [-0.2, 0) is 16.4 Å². The smallest absolute Gasteiger partial charge is 0.266 e. The van der Waals surface area contributed by atoms with Crippen LogP contribution in [0.4, 0.5) is 15.8 Å². The van der Waals surface area contributed by atoms with Crippen molar-refractivity contribution >= 4 is 38.9 Å². The van der Waals surface area contributed by atoms with Crippen molar-refractivity contribution in [3.8, 4) is 6.07 Å². The summed E-state index contributed by atoms with van der Waals surface area (Å²) in [6.07, 6.45) is 1.64. The Hall–Kier alpha value is -3.67. The molecular weight excluding hydrogens is 465 g/mol. The third-order valence-electron chi connectivity index (χ3n) is 4.67. The van der Waals surface area contributed by atoms with Gasteiger partial charge >= 0.3 is 0 Å². The van der Waals surface area contributed by atoms with Crippen LogP contribution in [0.25, 0.3) is 0 Å². The number of sulfonamides is 1. The molecule has 0 fully saturated rings. The number of carbonyl (C=O) groups is 1. The molecule has 33 heavy (non-hydrogen) atoms. The van der Waals surface area contributed by atoms with E-state index in [4.69, 9.17) is 16.9 Å². The molecule has 0 spiro atoms. The highest BCUT2D eigenvalue weighted by molar-refractivity contribution is 7.93. The molecule has 3 aromatic rings. The normalized spacial score (nSPS) is 10.8. The summed E-state index contributed by atoms with van der Waals surface area (Å²) in [5.74, 6) is -1.04. The quantitative estimate of drug-likeness (QED) is 0.447. The van der Waals surface area contributed by atoms with Gasteiger partial charge in [0.25, 0.3) is 15.9 Å². The Labute approximate surface area is 196 Å². The number of halogens is 2. The van der Waals surface area contributed by atoms with Gasteiger partial charge in [-0.3, -0.25) is 9.10 Å². The highest BCUT2D eigenvalue weighted by Gasteiger charge is 2.27. The number of rotatable bonds is 8. The van der Waals surface area contributed by atoms with E-state index < -0.39 is 21.7 Å². The molecule has 0 aliphatic rings. The zero-order chi connectivity index (χ0) is 24.0. The molecule has 0 atom stereocenters. The fourth-order valence-electron chi connectivity index (χ4n) is 3.03. The van der Waals surface area contributed by atoms with Crippen molar-refractivity contribution in [1.82, 2.24) is 0 Å². The minimum absolute atomic E-state index is 0.0661. The monoisotopic (exact) mass is 483 g/mol. The Morgan fingerprint density at radius 1 is 1.12 bits per heavy atom. The first-order valence-corrected chi connectivity index (χ1v) is 11.5. The summed E-state index contributed by atoms with van der Waals surface area (Å²) < 4.78 is 41.2. The average molecular weight is 484 g/mol. The van der Waals surface area contributed by atoms with Crippen LogP contribution in [0.1, 0.15) is 15.9 Å². The molecule has 9 heteroatoms. The average Bonchev–Trinajstić information content (AvgIpc) is 2.79. The molecule has 1 amide bonds. The molecule has 0 heterocycles. The topological polar surface area (TPSA) is 90.3 Å². The molecule has 0 unspecified atom stereocenters. The molecule has 0 radical (unpaired) electrons. The number of carbonyl (C=O) groups excluding carboxylic acids is 1. The number of nitrogens with one attached hydrogen (secondary N) is 1. The molecule has 168 valence electrons. The van der Waals surface area contributed by atoms with Gasteiger partial charge in [0.15, 0.2) is 0 Å². The lowest BCUT2D eigenvalue weighted by Gasteiger charge is -2.24. The van der Waals surface area contributed by atoms with Gasteiger partial charge in [0, 0.05) is 11.3 Å². The van der Waals surface area contributed by atoms with E-state index in [1.807, 2.05) is 6.07 Å². The lowest BCUT2D eigenvalue weighted by atomic mass is 10.1. The van der Waals surface area contributed by atoms with Crippen LogP contribution >= 0.6 is 11.6 Å².